The summed E-state index contributed by atoms with van der Waals surface area (Å²) in [7, 11) is 1.33. The highest BCUT2D eigenvalue weighted by molar-refractivity contribution is 5.95. The lowest BCUT2D eigenvalue weighted by molar-refractivity contribution is -0.385. The first kappa shape index (κ1) is 15.8. The highest BCUT2D eigenvalue weighted by Gasteiger charge is 2.26. The van der Waals surface area contributed by atoms with E-state index in [0.29, 0.717) is 31.7 Å². The van der Waals surface area contributed by atoms with Gasteiger partial charge >= 0.3 is 5.69 Å². The average Bonchev–Trinajstić information content (AvgIpc) is 2.54. The van der Waals surface area contributed by atoms with Crippen LogP contribution < -0.4 is 4.74 Å². The third-order valence-corrected chi connectivity index (χ3v) is 3.39. The molecule has 1 amide bonds. The van der Waals surface area contributed by atoms with Crippen molar-refractivity contribution in [1.82, 2.24) is 4.90 Å². The van der Waals surface area contributed by atoms with Crippen LogP contribution in [0.5, 0.6) is 5.75 Å². The number of amides is 1. The molecule has 1 saturated heterocycles. The van der Waals surface area contributed by atoms with E-state index in [9.17, 15) is 14.9 Å². The minimum Gasteiger partial charge on any atom is -0.490 e. The Labute approximate surface area is 128 Å². The Morgan fingerprint density at radius 1 is 1.64 bits per heavy atom. The lowest BCUT2D eigenvalue weighted by Crippen LogP contribution is -2.45. The van der Waals surface area contributed by atoms with Gasteiger partial charge in [0.2, 0.25) is 0 Å². The van der Waals surface area contributed by atoms with Crippen LogP contribution in [-0.2, 0) is 4.74 Å². The summed E-state index contributed by atoms with van der Waals surface area (Å²) in [5.74, 6) is 2.35. The molecule has 1 aliphatic rings. The summed E-state index contributed by atoms with van der Waals surface area (Å²) < 4.78 is 10.5. The zero-order chi connectivity index (χ0) is 16.1. The number of terminal acetylenes is 1. The van der Waals surface area contributed by atoms with Crippen molar-refractivity contribution in [3.8, 4) is 18.1 Å². The minimum absolute atomic E-state index is 0.0595. The monoisotopic (exact) mass is 304 g/mol. The molecule has 1 fully saturated rings. The molecule has 0 unspecified atom stereocenters. The Kier molecular flexibility index (Phi) is 4.96. The molecule has 1 atom stereocenters. The molecule has 1 aromatic rings. The van der Waals surface area contributed by atoms with Crippen LogP contribution in [0.25, 0.3) is 0 Å². The summed E-state index contributed by atoms with van der Waals surface area (Å²) in [5, 5.41) is 10.9. The Balaban J connectivity index is 2.19. The van der Waals surface area contributed by atoms with E-state index in [-0.39, 0.29) is 23.4 Å². The van der Waals surface area contributed by atoms with Gasteiger partial charge in [-0.3, -0.25) is 14.9 Å². The Hall–Kier alpha value is -2.59. The molecular weight excluding hydrogens is 288 g/mol. The molecule has 1 aliphatic heterocycles. The molecule has 0 radical (unpaired) electrons. The van der Waals surface area contributed by atoms with Crippen molar-refractivity contribution in [3.63, 3.8) is 0 Å². The summed E-state index contributed by atoms with van der Waals surface area (Å²) in [6, 6.07) is 4.08. The van der Waals surface area contributed by atoms with Gasteiger partial charge in [0, 0.05) is 37.2 Å². The van der Waals surface area contributed by atoms with Gasteiger partial charge in [0.25, 0.3) is 5.91 Å². The van der Waals surface area contributed by atoms with Crippen LogP contribution in [0.1, 0.15) is 16.8 Å². The Bertz CT molecular complexity index is 623. The molecule has 7 nitrogen and oxygen atoms in total. The fourth-order valence-electron chi connectivity index (χ4n) is 2.30. The number of methoxy groups -OCH3 is 1. The number of carbonyl (C=O) groups excluding carboxylic acids is 1. The van der Waals surface area contributed by atoms with Gasteiger partial charge in [-0.15, -0.1) is 12.3 Å². The number of nitrogens with zero attached hydrogens (tertiary/aromatic N) is 2. The fourth-order valence-corrected chi connectivity index (χ4v) is 2.30. The van der Waals surface area contributed by atoms with E-state index in [4.69, 9.17) is 15.9 Å². The molecule has 0 saturated carbocycles. The molecule has 0 aliphatic carbocycles. The molecule has 1 aromatic carbocycles. The lowest BCUT2D eigenvalue weighted by atomic mass is 10.1. The maximum atomic E-state index is 12.5. The third-order valence-electron chi connectivity index (χ3n) is 3.39. The van der Waals surface area contributed by atoms with E-state index in [1.165, 1.54) is 25.3 Å². The van der Waals surface area contributed by atoms with Crippen molar-refractivity contribution >= 4 is 11.6 Å². The molecule has 0 spiro atoms. The predicted molar refractivity (Wildman–Crippen MR) is 78.7 cm³/mol. The van der Waals surface area contributed by atoms with E-state index >= 15 is 0 Å². The van der Waals surface area contributed by atoms with Crippen LogP contribution in [0.3, 0.4) is 0 Å². The van der Waals surface area contributed by atoms with Gasteiger partial charge in [-0.2, -0.15) is 0 Å². The van der Waals surface area contributed by atoms with Crippen LogP contribution in [0.2, 0.25) is 0 Å². The summed E-state index contributed by atoms with van der Waals surface area (Å²) in [6.45, 7) is 1.28. The Morgan fingerprint density at radius 2 is 2.41 bits per heavy atom. The average molecular weight is 304 g/mol. The van der Waals surface area contributed by atoms with Crippen molar-refractivity contribution in [1.29, 1.82) is 0 Å². The fraction of sp³-hybridized carbons (Fsp3) is 0.400. The van der Waals surface area contributed by atoms with Crippen LogP contribution >= 0.6 is 0 Å². The van der Waals surface area contributed by atoms with Gasteiger partial charge in [-0.05, 0) is 6.07 Å². The number of carbonyl (C=O) groups is 1. The van der Waals surface area contributed by atoms with Gasteiger partial charge in [0.15, 0.2) is 5.75 Å². The van der Waals surface area contributed by atoms with Crippen molar-refractivity contribution in [2.45, 2.75) is 12.5 Å². The highest BCUT2D eigenvalue weighted by Crippen LogP contribution is 2.28. The maximum absolute atomic E-state index is 12.5. The van der Waals surface area contributed by atoms with E-state index in [1.807, 2.05) is 0 Å². The second-order valence-corrected chi connectivity index (χ2v) is 4.80. The van der Waals surface area contributed by atoms with Crippen molar-refractivity contribution in [3.05, 3.63) is 33.9 Å². The molecular formula is C15H16N2O5. The number of morpholine rings is 1. The zero-order valence-corrected chi connectivity index (χ0v) is 12.2. The number of rotatable bonds is 4. The van der Waals surface area contributed by atoms with Gasteiger partial charge in [0.05, 0.1) is 24.7 Å². The zero-order valence-electron chi connectivity index (χ0n) is 12.2. The third kappa shape index (κ3) is 3.35. The van der Waals surface area contributed by atoms with Crippen LogP contribution in [0.4, 0.5) is 5.69 Å². The quantitative estimate of drug-likeness (QED) is 0.478. The number of nitro benzene ring substituents is 1. The first-order chi connectivity index (χ1) is 10.6. The molecule has 7 heteroatoms. The van der Waals surface area contributed by atoms with E-state index < -0.39 is 4.92 Å². The van der Waals surface area contributed by atoms with Gasteiger partial charge < -0.3 is 14.4 Å². The Morgan fingerprint density at radius 3 is 3.05 bits per heavy atom. The first-order valence-electron chi connectivity index (χ1n) is 6.73. The van der Waals surface area contributed by atoms with Crippen LogP contribution in [-0.4, -0.2) is 48.6 Å². The molecule has 0 N–H and O–H groups in total. The van der Waals surface area contributed by atoms with E-state index in [2.05, 4.69) is 5.92 Å². The lowest BCUT2D eigenvalue weighted by Gasteiger charge is -2.32. The standard InChI is InChI=1S/C15H16N2O5/c1-3-4-12-10-16(7-8-22-12)15(18)11-5-6-13(17(19)20)14(9-11)21-2/h1,5-6,9,12H,4,7-8,10H2,2H3/t12-/m1/s1. The number of nitro groups is 1. The number of hydrogen-bond acceptors (Lipinski definition) is 5. The maximum Gasteiger partial charge on any atom is 0.310 e. The van der Waals surface area contributed by atoms with Gasteiger partial charge in [0.1, 0.15) is 0 Å². The highest BCUT2D eigenvalue weighted by atomic mass is 16.6. The summed E-state index contributed by atoms with van der Waals surface area (Å²) >= 11 is 0. The number of ether oxygens (including phenoxy) is 2. The molecule has 1 heterocycles. The van der Waals surface area contributed by atoms with Crippen molar-refractivity contribution in [2.75, 3.05) is 26.8 Å². The van der Waals surface area contributed by atoms with E-state index in [1.54, 1.807) is 4.90 Å². The SMILES string of the molecule is C#CC[C@@H]1CN(C(=O)c2ccc([N+](=O)[O-])c(OC)c2)CCO1. The first-order valence-corrected chi connectivity index (χ1v) is 6.73. The topological polar surface area (TPSA) is 81.9 Å². The van der Waals surface area contributed by atoms with Crippen LogP contribution in [0.15, 0.2) is 18.2 Å². The molecule has 116 valence electrons. The predicted octanol–water partition coefficient (Wildman–Crippen LogP) is 1.47. The minimum atomic E-state index is -0.551. The summed E-state index contributed by atoms with van der Waals surface area (Å²) in [5.41, 5.74) is 0.162. The molecule has 22 heavy (non-hydrogen) atoms. The normalized spacial score (nSPS) is 17.6. The van der Waals surface area contributed by atoms with E-state index in [0.717, 1.165) is 0 Å². The molecule has 0 aromatic heterocycles. The smallest absolute Gasteiger partial charge is 0.310 e. The van der Waals surface area contributed by atoms with Crippen molar-refractivity contribution < 1.29 is 19.2 Å². The van der Waals surface area contributed by atoms with Gasteiger partial charge in [-0.1, -0.05) is 0 Å². The molecule has 2 rings (SSSR count). The number of hydrogen-bond donors (Lipinski definition) is 0. The second kappa shape index (κ2) is 6.91. The summed E-state index contributed by atoms with van der Waals surface area (Å²) in [6.07, 6.45) is 5.52. The summed E-state index contributed by atoms with van der Waals surface area (Å²) in [4.78, 5) is 24.4. The second-order valence-electron chi connectivity index (χ2n) is 4.80. The largest absolute Gasteiger partial charge is 0.490 e. The number of benzene rings is 1. The van der Waals surface area contributed by atoms with Crippen LogP contribution in [0, 0.1) is 22.5 Å². The molecule has 0 bridgehead atoms. The van der Waals surface area contributed by atoms with Gasteiger partial charge in [-0.25, -0.2) is 0 Å². The van der Waals surface area contributed by atoms with Crippen molar-refractivity contribution in [2.24, 2.45) is 0 Å².